The highest BCUT2D eigenvalue weighted by molar-refractivity contribution is 5.83. The minimum atomic E-state index is -0.233. The van der Waals surface area contributed by atoms with Gasteiger partial charge in [0.15, 0.2) is 0 Å². The van der Waals surface area contributed by atoms with Crippen molar-refractivity contribution in [2.75, 3.05) is 13.1 Å². The van der Waals surface area contributed by atoms with E-state index < -0.39 is 0 Å². The zero-order chi connectivity index (χ0) is 13.9. The van der Waals surface area contributed by atoms with E-state index in [4.69, 9.17) is 5.73 Å². The van der Waals surface area contributed by atoms with Crippen LogP contribution in [0.2, 0.25) is 0 Å². The molecule has 1 amide bonds. The zero-order valence-electron chi connectivity index (χ0n) is 12.6. The lowest BCUT2D eigenvalue weighted by atomic mass is 9.67. The van der Waals surface area contributed by atoms with Gasteiger partial charge in [-0.3, -0.25) is 4.79 Å². The van der Waals surface area contributed by atoms with Gasteiger partial charge in [0.2, 0.25) is 5.91 Å². The monoisotopic (exact) mass is 266 g/mol. The molecule has 0 spiro atoms. The molecular formula is C16H30N2O. The van der Waals surface area contributed by atoms with Crippen LogP contribution in [0.4, 0.5) is 0 Å². The Labute approximate surface area is 117 Å². The lowest BCUT2D eigenvalue weighted by Crippen LogP contribution is -2.52. The maximum absolute atomic E-state index is 12.3. The molecule has 0 atom stereocenters. The van der Waals surface area contributed by atoms with Crippen LogP contribution in [0, 0.1) is 16.7 Å². The van der Waals surface area contributed by atoms with E-state index in [1.54, 1.807) is 0 Å². The first kappa shape index (κ1) is 14.8. The van der Waals surface area contributed by atoms with E-state index in [0.717, 1.165) is 31.7 Å². The molecule has 110 valence electrons. The third kappa shape index (κ3) is 3.13. The van der Waals surface area contributed by atoms with Gasteiger partial charge in [0.1, 0.15) is 0 Å². The average molecular weight is 266 g/mol. The molecule has 0 bridgehead atoms. The fourth-order valence-electron chi connectivity index (χ4n) is 3.65. The van der Waals surface area contributed by atoms with Gasteiger partial charge in [-0.15, -0.1) is 0 Å². The fraction of sp³-hybridized carbons (Fsp3) is 0.938. The summed E-state index contributed by atoms with van der Waals surface area (Å²) in [5.74, 6) is 0.960. The Hall–Kier alpha value is -0.570. The van der Waals surface area contributed by atoms with Crippen molar-refractivity contribution in [1.82, 2.24) is 5.32 Å². The molecule has 0 aromatic carbocycles. The van der Waals surface area contributed by atoms with E-state index in [2.05, 4.69) is 19.2 Å². The Morgan fingerprint density at radius 2 is 1.84 bits per heavy atom. The maximum Gasteiger partial charge on any atom is 0.227 e. The molecule has 2 fully saturated rings. The van der Waals surface area contributed by atoms with Crippen LogP contribution in [0.3, 0.4) is 0 Å². The number of carbonyl (C=O) groups excluding carboxylic acids is 1. The number of nitrogens with two attached hydrogens (primary N) is 1. The summed E-state index contributed by atoms with van der Waals surface area (Å²) in [4.78, 5) is 12.3. The predicted molar refractivity (Wildman–Crippen MR) is 78.7 cm³/mol. The lowest BCUT2D eigenvalue weighted by molar-refractivity contribution is -0.135. The van der Waals surface area contributed by atoms with Crippen LogP contribution in [0.15, 0.2) is 0 Å². The van der Waals surface area contributed by atoms with Gasteiger partial charge >= 0.3 is 0 Å². The van der Waals surface area contributed by atoms with Gasteiger partial charge in [0.05, 0.1) is 5.41 Å². The van der Waals surface area contributed by atoms with Gasteiger partial charge in [-0.1, -0.05) is 39.5 Å². The molecule has 0 aromatic rings. The van der Waals surface area contributed by atoms with Gasteiger partial charge in [-0.05, 0) is 37.0 Å². The van der Waals surface area contributed by atoms with E-state index in [1.807, 2.05) is 0 Å². The smallest absolute Gasteiger partial charge is 0.227 e. The molecule has 2 aliphatic rings. The molecule has 0 aromatic heterocycles. The summed E-state index contributed by atoms with van der Waals surface area (Å²) in [6.07, 6.45) is 9.84. The number of hydrogen-bond acceptors (Lipinski definition) is 2. The Balaban J connectivity index is 1.84. The second-order valence-corrected chi connectivity index (χ2v) is 7.34. The molecule has 19 heavy (non-hydrogen) atoms. The van der Waals surface area contributed by atoms with Crippen LogP contribution in [0.5, 0.6) is 0 Å². The molecule has 2 saturated carbocycles. The van der Waals surface area contributed by atoms with Crippen LogP contribution >= 0.6 is 0 Å². The van der Waals surface area contributed by atoms with Crippen LogP contribution in [-0.2, 0) is 4.79 Å². The molecule has 0 radical (unpaired) electrons. The first-order valence-electron chi connectivity index (χ1n) is 7.99. The van der Waals surface area contributed by atoms with Crippen molar-refractivity contribution in [3.05, 3.63) is 0 Å². The molecule has 2 rings (SSSR count). The number of nitrogens with one attached hydrogen (secondary N) is 1. The summed E-state index contributed by atoms with van der Waals surface area (Å²) in [5.41, 5.74) is 5.78. The second-order valence-electron chi connectivity index (χ2n) is 7.34. The highest BCUT2D eigenvalue weighted by atomic mass is 16.2. The topological polar surface area (TPSA) is 55.1 Å². The third-order valence-electron chi connectivity index (χ3n) is 5.60. The van der Waals surface area contributed by atoms with Crippen LogP contribution in [0.25, 0.3) is 0 Å². The Morgan fingerprint density at radius 1 is 1.21 bits per heavy atom. The van der Waals surface area contributed by atoms with Crippen molar-refractivity contribution in [3.63, 3.8) is 0 Å². The minimum absolute atomic E-state index is 0.199. The number of amides is 1. The zero-order valence-corrected chi connectivity index (χ0v) is 12.6. The molecule has 2 aliphatic carbocycles. The summed E-state index contributed by atoms with van der Waals surface area (Å²) in [7, 11) is 0. The molecular weight excluding hydrogens is 236 g/mol. The molecule has 3 heteroatoms. The van der Waals surface area contributed by atoms with Crippen LogP contribution < -0.4 is 11.1 Å². The number of carbonyl (C=O) groups is 1. The van der Waals surface area contributed by atoms with E-state index in [-0.39, 0.29) is 16.7 Å². The van der Waals surface area contributed by atoms with E-state index in [1.165, 1.54) is 32.1 Å². The van der Waals surface area contributed by atoms with Gasteiger partial charge < -0.3 is 11.1 Å². The highest BCUT2D eigenvalue weighted by Crippen LogP contribution is 2.41. The first-order chi connectivity index (χ1) is 9.00. The van der Waals surface area contributed by atoms with Crippen molar-refractivity contribution in [3.8, 4) is 0 Å². The quantitative estimate of drug-likeness (QED) is 0.804. The minimum Gasteiger partial charge on any atom is -0.355 e. The molecule has 3 N–H and O–H groups in total. The van der Waals surface area contributed by atoms with Gasteiger partial charge in [-0.2, -0.15) is 0 Å². The fourth-order valence-corrected chi connectivity index (χ4v) is 3.65. The SMILES string of the molecule is CC(C)(CNC(=O)C1(CN)CCC1)C1CCCCC1. The Kier molecular flexibility index (Phi) is 4.54. The van der Waals surface area contributed by atoms with Gasteiger partial charge in [0, 0.05) is 13.1 Å². The van der Waals surface area contributed by atoms with Gasteiger partial charge in [0.25, 0.3) is 0 Å². The second kappa shape index (κ2) is 5.82. The Bertz CT molecular complexity index is 309. The standard InChI is InChI=1S/C16H30N2O/c1-15(2,13-7-4-3-5-8-13)12-18-14(19)16(11-17)9-6-10-16/h13H,3-12,17H2,1-2H3,(H,18,19). The predicted octanol–water partition coefficient (Wildman–Crippen LogP) is 2.84. The molecule has 0 saturated heterocycles. The van der Waals surface area contributed by atoms with Gasteiger partial charge in [-0.25, -0.2) is 0 Å². The molecule has 0 unspecified atom stereocenters. The summed E-state index contributed by atoms with van der Waals surface area (Å²) in [5, 5.41) is 3.19. The number of hydrogen-bond donors (Lipinski definition) is 2. The summed E-state index contributed by atoms with van der Waals surface area (Å²) >= 11 is 0. The third-order valence-corrected chi connectivity index (χ3v) is 5.60. The molecule has 0 heterocycles. The largest absolute Gasteiger partial charge is 0.355 e. The van der Waals surface area contributed by atoms with Crippen LogP contribution in [-0.4, -0.2) is 19.0 Å². The highest BCUT2D eigenvalue weighted by Gasteiger charge is 2.43. The summed E-state index contributed by atoms with van der Waals surface area (Å²) in [6, 6.07) is 0. The van der Waals surface area contributed by atoms with E-state index >= 15 is 0 Å². The number of rotatable bonds is 5. The van der Waals surface area contributed by atoms with Crippen molar-refractivity contribution in [1.29, 1.82) is 0 Å². The average Bonchev–Trinajstić information content (AvgIpc) is 2.37. The van der Waals surface area contributed by atoms with Crippen molar-refractivity contribution in [2.24, 2.45) is 22.5 Å². The molecule has 3 nitrogen and oxygen atoms in total. The Morgan fingerprint density at radius 3 is 2.32 bits per heavy atom. The lowest BCUT2D eigenvalue weighted by Gasteiger charge is -2.41. The van der Waals surface area contributed by atoms with Crippen LogP contribution in [0.1, 0.15) is 65.2 Å². The summed E-state index contributed by atoms with van der Waals surface area (Å²) < 4.78 is 0. The van der Waals surface area contributed by atoms with Crippen molar-refractivity contribution >= 4 is 5.91 Å². The summed E-state index contributed by atoms with van der Waals surface area (Å²) in [6.45, 7) is 5.92. The molecule has 0 aliphatic heterocycles. The first-order valence-corrected chi connectivity index (χ1v) is 7.99. The van der Waals surface area contributed by atoms with E-state index in [9.17, 15) is 4.79 Å². The maximum atomic E-state index is 12.3. The van der Waals surface area contributed by atoms with E-state index in [0.29, 0.717) is 6.54 Å². The van der Waals surface area contributed by atoms with Crippen molar-refractivity contribution in [2.45, 2.75) is 65.2 Å². The van der Waals surface area contributed by atoms with Crippen molar-refractivity contribution < 1.29 is 4.79 Å². The normalized spacial score (nSPS) is 23.7.